The van der Waals surface area contributed by atoms with Gasteiger partial charge in [0, 0.05) is 30.4 Å². The number of pyridine rings is 1. The lowest BCUT2D eigenvalue weighted by molar-refractivity contribution is -0.142. The van der Waals surface area contributed by atoms with Crippen LogP contribution in [0.5, 0.6) is 0 Å². The summed E-state index contributed by atoms with van der Waals surface area (Å²) in [5.74, 6) is -1.10. The molecule has 5 nitrogen and oxygen atoms in total. The molecule has 22 heavy (non-hydrogen) atoms. The lowest BCUT2D eigenvalue weighted by Crippen LogP contribution is -2.43. The molecule has 0 fully saturated rings. The highest BCUT2D eigenvalue weighted by Gasteiger charge is 2.28. The van der Waals surface area contributed by atoms with E-state index < -0.39 is 12.0 Å². The molecule has 0 saturated carbocycles. The SMILES string of the molecule is CC(C)C[C@@H](C(=O)O)N(C)C(=O)c1cccc2ccncc12. The summed E-state index contributed by atoms with van der Waals surface area (Å²) in [6, 6.07) is 6.39. The first-order valence-corrected chi connectivity index (χ1v) is 7.24. The first-order chi connectivity index (χ1) is 10.4. The van der Waals surface area contributed by atoms with Crippen molar-refractivity contribution in [3.63, 3.8) is 0 Å². The van der Waals surface area contributed by atoms with Crippen LogP contribution in [-0.2, 0) is 4.79 Å². The normalized spacial score (nSPS) is 12.4. The standard InChI is InChI=1S/C17H20N2O3/c1-11(2)9-15(17(21)22)19(3)16(20)13-6-4-5-12-7-8-18-10-14(12)13/h4-8,10-11,15H,9H2,1-3H3,(H,21,22)/t15-/m0/s1. The molecular formula is C17H20N2O3. The number of likely N-dealkylation sites (N-methyl/N-ethyl adjacent to an activating group) is 1. The van der Waals surface area contributed by atoms with Crippen molar-refractivity contribution in [1.29, 1.82) is 0 Å². The molecule has 116 valence electrons. The van der Waals surface area contributed by atoms with Crippen LogP contribution in [0.15, 0.2) is 36.7 Å². The molecule has 0 spiro atoms. The maximum Gasteiger partial charge on any atom is 0.326 e. The van der Waals surface area contributed by atoms with Gasteiger partial charge in [-0.25, -0.2) is 4.79 Å². The molecule has 0 bridgehead atoms. The van der Waals surface area contributed by atoms with Crippen LogP contribution in [0, 0.1) is 5.92 Å². The molecule has 0 aliphatic rings. The van der Waals surface area contributed by atoms with Crippen molar-refractivity contribution in [3.8, 4) is 0 Å². The van der Waals surface area contributed by atoms with E-state index in [0.29, 0.717) is 12.0 Å². The highest BCUT2D eigenvalue weighted by molar-refractivity contribution is 6.07. The molecule has 1 aromatic heterocycles. The van der Waals surface area contributed by atoms with Crippen molar-refractivity contribution in [2.45, 2.75) is 26.3 Å². The van der Waals surface area contributed by atoms with E-state index in [-0.39, 0.29) is 11.8 Å². The number of hydrogen-bond acceptors (Lipinski definition) is 3. The summed E-state index contributed by atoms with van der Waals surface area (Å²) in [6.45, 7) is 3.88. The molecule has 0 unspecified atom stereocenters. The lowest BCUT2D eigenvalue weighted by atomic mass is 10.0. The summed E-state index contributed by atoms with van der Waals surface area (Å²) in [7, 11) is 1.54. The molecule has 2 aromatic rings. The second kappa shape index (κ2) is 6.56. The number of carbonyl (C=O) groups excluding carboxylic acids is 1. The summed E-state index contributed by atoms with van der Waals surface area (Å²) < 4.78 is 0. The predicted octanol–water partition coefficient (Wildman–Crippen LogP) is 2.81. The Morgan fingerprint density at radius 2 is 2.00 bits per heavy atom. The Balaban J connectivity index is 2.38. The number of nitrogens with zero attached hydrogens (tertiary/aromatic N) is 2. The third-order valence-corrected chi connectivity index (χ3v) is 3.68. The Morgan fingerprint density at radius 3 is 2.64 bits per heavy atom. The second-order valence-corrected chi connectivity index (χ2v) is 5.80. The van der Waals surface area contributed by atoms with E-state index in [1.807, 2.05) is 26.0 Å². The monoisotopic (exact) mass is 300 g/mol. The number of carboxylic acids is 1. The Morgan fingerprint density at radius 1 is 1.27 bits per heavy atom. The Hall–Kier alpha value is -2.43. The Labute approximate surface area is 129 Å². The van der Waals surface area contributed by atoms with Crippen LogP contribution in [0.25, 0.3) is 10.8 Å². The minimum atomic E-state index is -0.983. The van der Waals surface area contributed by atoms with Crippen LogP contribution in [0.3, 0.4) is 0 Å². The zero-order valence-electron chi connectivity index (χ0n) is 13.0. The van der Waals surface area contributed by atoms with Crippen LogP contribution >= 0.6 is 0 Å². The number of aliphatic carboxylic acids is 1. The number of amides is 1. The smallest absolute Gasteiger partial charge is 0.326 e. The largest absolute Gasteiger partial charge is 0.480 e. The fraction of sp³-hybridized carbons (Fsp3) is 0.353. The summed E-state index contributed by atoms with van der Waals surface area (Å²) in [5, 5.41) is 11.0. The van der Waals surface area contributed by atoms with Crippen LogP contribution in [0.1, 0.15) is 30.6 Å². The Bertz CT molecular complexity index is 692. The van der Waals surface area contributed by atoms with Crippen LogP contribution < -0.4 is 0 Å². The predicted molar refractivity (Wildman–Crippen MR) is 84.7 cm³/mol. The van der Waals surface area contributed by atoms with Crippen molar-refractivity contribution >= 4 is 22.6 Å². The zero-order chi connectivity index (χ0) is 16.3. The van der Waals surface area contributed by atoms with Gasteiger partial charge in [-0.1, -0.05) is 26.0 Å². The van der Waals surface area contributed by atoms with Crippen molar-refractivity contribution in [2.75, 3.05) is 7.05 Å². The van der Waals surface area contributed by atoms with Gasteiger partial charge in [-0.2, -0.15) is 0 Å². The van der Waals surface area contributed by atoms with E-state index in [9.17, 15) is 14.7 Å². The molecule has 1 N–H and O–H groups in total. The van der Waals surface area contributed by atoms with Crippen molar-refractivity contribution in [2.24, 2.45) is 5.92 Å². The van der Waals surface area contributed by atoms with Crippen molar-refractivity contribution in [3.05, 3.63) is 42.2 Å². The van der Waals surface area contributed by atoms with Crippen molar-refractivity contribution in [1.82, 2.24) is 9.88 Å². The summed E-state index contributed by atoms with van der Waals surface area (Å²) in [6.07, 6.45) is 3.72. The topological polar surface area (TPSA) is 70.5 Å². The average molecular weight is 300 g/mol. The van der Waals surface area contributed by atoms with Gasteiger partial charge in [-0.3, -0.25) is 9.78 Å². The van der Waals surface area contributed by atoms with E-state index in [4.69, 9.17) is 0 Å². The molecule has 5 heteroatoms. The minimum Gasteiger partial charge on any atom is -0.480 e. The molecule has 1 heterocycles. The number of carboxylic acid groups (broad SMARTS) is 1. The summed E-state index contributed by atoms with van der Waals surface area (Å²) in [4.78, 5) is 29.6. The highest BCUT2D eigenvalue weighted by atomic mass is 16.4. The fourth-order valence-electron chi connectivity index (χ4n) is 2.50. The van der Waals surface area contributed by atoms with Gasteiger partial charge in [-0.15, -0.1) is 0 Å². The minimum absolute atomic E-state index is 0.186. The number of rotatable bonds is 5. The summed E-state index contributed by atoms with van der Waals surface area (Å²) in [5.41, 5.74) is 0.475. The van der Waals surface area contributed by atoms with Gasteiger partial charge in [0.15, 0.2) is 0 Å². The molecule has 0 saturated heterocycles. The average Bonchev–Trinajstić information content (AvgIpc) is 2.50. The molecule has 0 radical (unpaired) electrons. The zero-order valence-corrected chi connectivity index (χ0v) is 13.0. The molecule has 2 rings (SSSR count). The van der Waals surface area contributed by atoms with Gasteiger partial charge in [0.2, 0.25) is 0 Å². The van der Waals surface area contributed by atoms with Crippen LogP contribution in [-0.4, -0.2) is 40.0 Å². The van der Waals surface area contributed by atoms with E-state index in [1.54, 1.807) is 31.6 Å². The van der Waals surface area contributed by atoms with Crippen molar-refractivity contribution < 1.29 is 14.7 Å². The lowest BCUT2D eigenvalue weighted by Gasteiger charge is -2.26. The van der Waals surface area contributed by atoms with E-state index in [2.05, 4.69) is 4.98 Å². The second-order valence-electron chi connectivity index (χ2n) is 5.80. The maximum absolute atomic E-state index is 12.7. The third-order valence-electron chi connectivity index (χ3n) is 3.68. The molecule has 1 atom stereocenters. The fourth-order valence-corrected chi connectivity index (χ4v) is 2.50. The summed E-state index contributed by atoms with van der Waals surface area (Å²) >= 11 is 0. The number of carbonyl (C=O) groups is 2. The van der Waals surface area contributed by atoms with Crippen LogP contribution in [0.4, 0.5) is 0 Å². The van der Waals surface area contributed by atoms with Gasteiger partial charge in [0.25, 0.3) is 5.91 Å². The van der Waals surface area contributed by atoms with E-state index in [0.717, 1.165) is 10.8 Å². The first kappa shape index (κ1) is 15.9. The molecule has 0 aliphatic carbocycles. The van der Waals surface area contributed by atoms with E-state index in [1.165, 1.54) is 4.90 Å². The quantitative estimate of drug-likeness (QED) is 0.921. The highest BCUT2D eigenvalue weighted by Crippen LogP contribution is 2.21. The Kier molecular flexibility index (Phi) is 4.75. The van der Waals surface area contributed by atoms with E-state index >= 15 is 0 Å². The maximum atomic E-state index is 12.7. The van der Waals surface area contributed by atoms with Gasteiger partial charge >= 0.3 is 5.97 Å². The molecular weight excluding hydrogens is 280 g/mol. The van der Waals surface area contributed by atoms with Gasteiger partial charge in [0.05, 0.1) is 0 Å². The number of fused-ring (bicyclic) bond motifs is 1. The molecule has 1 amide bonds. The van der Waals surface area contributed by atoms with Crippen LogP contribution in [0.2, 0.25) is 0 Å². The van der Waals surface area contributed by atoms with Gasteiger partial charge in [-0.05, 0) is 29.9 Å². The number of benzene rings is 1. The molecule has 0 aliphatic heterocycles. The van der Waals surface area contributed by atoms with Gasteiger partial charge in [0.1, 0.15) is 6.04 Å². The van der Waals surface area contributed by atoms with Gasteiger partial charge < -0.3 is 10.0 Å². The first-order valence-electron chi connectivity index (χ1n) is 7.24. The molecule has 1 aromatic carbocycles. The number of hydrogen-bond donors (Lipinski definition) is 1. The number of aromatic nitrogens is 1. The third kappa shape index (κ3) is 3.24.